The SMILES string of the molecule is COc1ccc(O)c([C@@H](C(F)F)N2CCNCC2)c1.Cl.Cl. The largest absolute Gasteiger partial charge is 0.508 e. The Morgan fingerprint density at radius 3 is 2.38 bits per heavy atom. The Kier molecular flexibility index (Phi) is 8.89. The molecular formula is C13H20Cl2F2N2O2. The molecule has 0 unspecified atom stereocenters. The molecule has 1 saturated heterocycles. The smallest absolute Gasteiger partial charge is 0.258 e. The maximum absolute atomic E-state index is 13.4. The van der Waals surface area contributed by atoms with Crippen LogP contribution in [0.3, 0.4) is 0 Å². The number of nitrogens with one attached hydrogen (secondary N) is 1. The van der Waals surface area contributed by atoms with Gasteiger partial charge in [-0.05, 0) is 18.2 Å². The molecule has 0 saturated carbocycles. The number of alkyl halides is 2. The van der Waals surface area contributed by atoms with E-state index >= 15 is 0 Å². The van der Waals surface area contributed by atoms with Crippen LogP contribution in [-0.4, -0.2) is 49.7 Å². The summed E-state index contributed by atoms with van der Waals surface area (Å²) < 4.78 is 31.8. The van der Waals surface area contributed by atoms with Crippen LogP contribution in [0.2, 0.25) is 0 Å². The highest BCUT2D eigenvalue weighted by atomic mass is 35.5. The van der Waals surface area contributed by atoms with Gasteiger partial charge in [0.05, 0.1) is 7.11 Å². The normalized spacial score (nSPS) is 16.8. The van der Waals surface area contributed by atoms with Crippen molar-refractivity contribution < 1.29 is 18.6 Å². The van der Waals surface area contributed by atoms with E-state index in [1.807, 2.05) is 0 Å². The predicted molar refractivity (Wildman–Crippen MR) is 82.3 cm³/mol. The molecule has 1 aromatic rings. The number of rotatable bonds is 4. The van der Waals surface area contributed by atoms with Crippen molar-refractivity contribution in [2.75, 3.05) is 33.3 Å². The Balaban J connectivity index is 0.00000200. The maximum Gasteiger partial charge on any atom is 0.258 e. The highest BCUT2D eigenvalue weighted by molar-refractivity contribution is 5.85. The molecule has 2 rings (SSSR count). The second kappa shape index (κ2) is 9.25. The topological polar surface area (TPSA) is 44.7 Å². The Bertz CT molecular complexity index is 433. The van der Waals surface area contributed by atoms with Crippen LogP contribution in [0.1, 0.15) is 11.6 Å². The van der Waals surface area contributed by atoms with Crippen LogP contribution in [0, 0.1) is 0 Å². The molecular weight excluding hydrogens is 325 g/mol. The zero-order chi connectivity index (χ0) is 13.8. The summed E-state index contributed by atoms with van der Waals surface area (Å²) >= 11 is 0. The molecule has 1 aromatic carbocycles. The van der Waals surface area contributed by atoms with E-state index in [0.717, 1.165) is 0 Å². The van der Waals surface area contributed by atoms with Gasteiger partial charge in [0, 0.05) is 31.7 Å². The van der Waals surface area contributed by atoms with Crippen molar-refractivity contribution in [1.29, 1.82) is 0 Å². The first-order valence-electron chi connectivity index (χ1n) is 6.23. The average Bonchev–Trinajstić information content (AvgIpc) is 2.42. The van der Waals surface area contributed by atoms with E-state index in [1.165, 1.54) is 19.2 Å². The van der Waals surface area contributed by atoms with Crippen LogP contribution in [0.15, 0.2) is 18.2 Å². The standard InChI is InChI=1S/C13H18F2N2O2.2ClH/c1-19-9-2-3-11(18)10(8-9)12(13(14)15)17-6-4-16-5-7-17;;/h2-3,8,12-13,16,18H,4-7H2,1H3;2*1H/t12-;;/m0../s1. The van der Waals surface area contributed by atoms with Gasteiger partial charge in [0.15, 0.2) is 0 Å². The molecule has 1 heterocycles. The molecule has 1 aliphatic heterocycles. The fourth-order valence-corrected chi connectivity index (χ4v) is 2.35. The third-order valence-electron chi connectivity index (χ3n) is 3.34. The van der Waals surface area contributed by atoms with Crippen LogP contribution >= 0.6 is 24.8 Å². The van der Waals surface area contributed by atoms with Crippen molar-refractivity contribution in [3.05, 3.63) is 23.8 Å². The maximum atomic E-state index is 13.4. The third kappa shape index (κ3) is 4.85. The van der Waals surface area contributed by atoms with Crippen LogP contribution < -0.4 is 10.1 Å². The lowest BCUT2D eigenvalue weighted by atomic mass is 10.0. The lowest BCUT2D eigenvalue weighted by Crippen LogP contribution is -2.46. The minimum Gasteiger partial charge on any atom is -0.508 e. The first-order chi connectivity index (χ1) is 9.13. The van der Waals surface area contributed by atoms with Gasteiger partial charge in [0.25, 0.3) is 6.43 Å². The van der Waals surface area contributed by atoms with Gasteiger partial charge in [0.1, 0.15) is 17.5 Å². The highest BCUT2D eigenvalue weighted by Gasteiger charge is 2.32. The number of aromatic hydroxyl groups is 1. The number of piperazine rings is 1. The van der Waals surface area contributed by atoms with E-state index < -0.39 is 12.5 Å². The molecule has 21 heavy (non-hydrogen) atoms. The Labute approximate surface area is 135 Å². The summed E-state index contributed by atoms with van der Waals surface area (Å²) in [5.74, 6) is 0.346. The monoisotopic (exact) mass is 344 g/mol. The van der Waals surface area contributed by atoms with Gasteiger partial charge >= 0.3 is 0 Å². The quantitative estimate of drug-likeness (QED) is 0.880. The zero-order valence-electron chi connectivity index (χ0n) is 11.6. The van der Waals surface area contributed by atoms with Crippen molar-refractivity contribution in [3.63, 3.8) is 0 Å². The Morgan fingerprint density at radius 2 is 1.86 bits per heavy atom. The molecule has 8 heteroatoms. The van der Waals surface area contributed by atoms with E-state index in [-0.39, 0.29) is 36.1 Å². The fraction of sp³-hybridized carbons (Fsp3) is 0.538. The summed E-state index contributed by atoms with van der Waals surface area (Å²) in [5.41, 5.74) is 0.219. The molecule has 1 fully saturated rings. The number of phenolic OH excluding ortho intramolecular Hbond substituents is 1. The molecule has 0 radical (unpaired) electrons. The molecule has 1 atom stereocenters. The second-order valence-corrected chi connectivity index (χ2v) is 4.49. The van der Waals surface area contributed by atoms with Crippen molar-refractivity contribution in [1.82, 2.24) is 10.2 Å². The van der Waals surface area contributed by atoms with Crippen LogP contribution in [-0.2, 0) is 0 Å². The summed E-state index contributed by atoms with van der Waals surface area (Å²) in [6.07, 6.45) is -2.56. The van der Waals surface area contributed by atoms with E-state index in [2.05, 4.69) is 5.32 Å². The minimum atomic E-state index is -2.56. The Hall–Kier alpha value is -0.820. The number of ether oxygens (including phenoxy) is 1. The van der Waals surface area contributed by atoms with Crippen molar-refractivity contribution in [3.8, 4) is 11.5 Å². The second-order valence-electron chi connectivity index (χ2n) is 4.49. The summed E-state index contributed by atoms with van der Waals surface area (Å²) in [6, 6.07) is 3.33. The molecule has 0 bridgehead atoms. The number of benzene rings is 1. The van der Waals surface area contributed by atoms with Crippen LogP contribution in [0.5, 0.6) is 11.5 Å². The molecule has 2 N–H and O–H groups in total. The van der Waals surface area contributed by atoms with Gasteiger partial charge in [-0.25, -0.2) is 8.78 Å². The number of hydrogen-bond donors (Lipinski definition) is 2. The van der Waals surface area contributed by atoms with E-state index in [4.69, 9.17) is 4.74 Å². The first-order valence-corrected chi connectivity index (χ1v) is 6.23. The number of phenols is 1. The number of nitrogens with zero attached hydrogens (tertiary/aromatic N) is 1. The summed E-state index contributed by atoms with van der Waals surface area (Å²) in [7, 11) is 1.47. The van der Waals surface area contributed by atoms with E-state index in [0.29, 0.717) is 31.9 Å². The summed E-state index contributed by atoms with van der Waals surface area (Å²) in [4.78, 5) is 1.69. The van der Waals surface area contributed by atoms with E-state index in [1.54, 1.807) is 11.0 Å². The molecule has 0 aromatic heterocycles. The number of halogens is 4. The molecule has 0 amide bonds. The van der Waals surface area contributed by atoms with E-state index in [9.17, 15) is 13.9 Å². The van der Waals surface area contributed by atoms with Gasteiger partial charge in [0.2, 0.25) is 0 Å². The fourth-order valence-electron chi connectivity index (χ4n) is 2.35. The predicted octanol–water partition coefficient (Wildman–Crippen LogP) is 2.46. The minimum absolute atomic E-state index is 0. The highest BCUT2D eigenvalue weighted by Crippen LogP contribution is 2.35. The lowest BCUT2D eigenvalue weighted by Gasteiger charge is -2.34. The van der Waals surface area contributed by atoms with Gasteiger partial charge < -0.3 is 15.2 Å². The van der Waals surface area contributed by atoms with Crippen molar-refractivity contribution in [2.45, 2.75) is 12.5 Å². The summed E-state index contributed by atoms with van der Waals surface area (Å²) in [5, 5.41) is 13.0. The summed E-state index contributed by atoms with van der Waals surface area (Å²) in [6.45, 7) is 2.42. The molecule has 1 aliphatic rings. The van der Waals surface area contributed by atoms with Crippen molar-refractivity contribution in [2.24, 2.45) is 0 Å². The average molecular weight is 345 g/mol. The van der Waals surface area contributed by atoms with Crippen molar-refractivity contribution >= 4 is 24.8 Å². The first kappa shape index (κ1) is 20.2. The van der Waals surface area contributed by atoms with Crippen LogP contribution in [0.4, 0.5) is 8.78 Å². The van der Waals surface area contributed by atoms with Gasteiger partial charge in [-0.15, -0.1) is 24.8 Å². The zero-order valence-corrected chi connectivity index (χ0v) is 13.2. The molecule has 122 valence electrons. The number of methoxy groups -OCH3 is 1. The third-order valence-corrected chi connectivity index (χ3v) is 3.34. The van der Waals surface area contributed by atoms with Gasteiger partial charge in [-0.1, -0.05) is 0 Å². The number of hydrogen-bond acceptors (Lipinski definition) is 4. The van der Waals surface area contributed by atoms with Crippen LogP contribution in [0.25, 0.3) is 0 Å². The molecule has 0 aliphatic carbocycles. The van der Waals surface area contributed by atoms with Gasteiger partial charge in [-0.2, -0.15) is 0 Å². The molecule has 0 spiro atoms. The molecule has 4 nitrogen and oxygen atoms in total. The lowest BCUT2D eigenvalue weighted by molar-refractivity contribution is 0.0169. The Morgan fingerprint density at radius 1 is 1.24 bits per heavy atom. The van der Waals surface area contributed by atoms with Gasteiger partial charge in [-0.3, -0.25) is 4.90 Å².